The molecule has 2 heteroatoms. The maximum absolute atomic E-state index is 8.94. The van der Waals surface area contributed by atoms with Gasteiger partial charge in [-0.05, 0) is 16.7 Å². The number of hydrogen-bond donors (Lipinski definition) is 2. The van der Waals surface area contributed by atoms with Gasteiger partial charge in [0.15, 0.2) is 0 Å². The molecule has 0 aliphatic carbocycles. The van der Waals surface area contributed by atoms with Crippen molar-refractivity contribution in [2.75, 3.05) is 0 Å². The molecule has 0 heterocycles. The van der Waals surface area contributed by atoms with E-state index >= 15 is 0 Å². The maximum Gasteiger partial charge on any atom is 0.0681 e. The first-order valence-corrected chi connectivity index (χ1v) is 5.82. The predicted octanol–water partition coefficient (Wildman–Crippen LogP) is 2.47. The molecule has 2 N–H and O–H groups in total. The largest absolute Gasteiger partial charge is 0.392 e. The fourth-order valence-corrected chi connectivity index (χ4v) is 1.71. The van der Waals surface area contributed by atoms with Gasteiger partial charge in [0.25, 0.3) is 0 Å². The number of benzene rings is 2. The summed E-state index contributed by atoms with van der Waals surface area (Å²) in [6, 6.07) is 18.4. The Morgan fingerprint density at radius 3 is 1.82 bits per heavy atom. The molecule has 0 unspecified atom stereocenters. The third kappa shape index (κ3) is 3.70. The van der Waals surface area contributed by atoms with Crippen LogP contribution in [0, 0.1) is 0 Å². The van der Waals surface area contributed by atoms with Gasteiger partial charge in [0.2, 0.25) is 0 Å². The van der Waals surface area contributed by atoms with E-state index in [9.17, 15) is 0 Å². The summed E-state index contributed by atoms with van der Waals surface area (Å²) < 4.78 is 0. The highest BCUT2D eigenvalue weighted by Gasteiger charge is 1.94. The summed E-state index contributed by atoms with van der Waals surface area (Å²) in [5.74, 6) is 0. The zero-order valence-electron chi connectivity index (χ0n) is 9.76. The van der Waals surface area contributed by atoms with Crippen molar-refractivity contribution < 1.29 is 5.11 Å². The summed E-state index contributed by atoms with van der Waals surface area (Å²) in [6.07, 6.45) is 0. The molecule has 0 atom stereocenters. The quantitative estimate of drug-likeness (QED) is 0.822. The number of aliphatic hydroxyl groups is 1. The van der Waals surface area contributed by atoms with Crippen LogP contribution in [-0.4, -0.2) is 5.11 Å². The summed E-state index contributed by atoms with van der Waals surface area (Å²) >= 11 is 0. The molecule has 2 rings (SSSR count). The first-order chi connectivity index (χ1) is 8.38. The van der Waals surface area contributed by atoms with Gasteiger partial charge in [0, 0.05) is 13.1 Å². The van der Waals surface area contributed by atoms with Gasteiger partial charge < -0.3 is 10.4 Å². The maximum atomic E-state index is 8.94. The lowest BCUT2D eigenvalue weighted by molar-refractivity contribution is 0.282. The van der Waals surface area contributed by atoms with Crippen molar-refractivity contribution in [3.05, 3.63) is 71.3 Å². The first-order valence-electron chi connectivity index (χ1n) is 5.82. The summed E-state index contributed by atoms with van der Waals surface area (Å²) in [5.41, 5.74) is 3.48. The molecule has 0 saturated carbocycles. The van der Waals surface area contributed by atoms with Crippen LogP contribution in [0.5, 0.6) is 0 Å². The van der Waals surface area contributed by atoms with E-state index in [-0.39, 0.29) is 6.61 Å². The van der Waals surface area contributed by atoms with Crippen LogP contribution in [0.25, 0.3) is 0 Å². The lowest BCUT2D eigenvalue weighted by Crippen LogP contribution is -2.12. The fourth-order valence-electron chi connectivity index (χ4n) is 1.71. The lowest BCUT2D eigenvalue weighted by atomic mass is 10.1. The van der Waals surface area contributed by atoms with Gasteiger partial charge in [-0.2, -0.15) is 0 Å². The monoisotopic (exact) mass is 227 g/mol. The van der Waals surface area contributed by atoms with Gasteiger partial charge in [-0.25, -0.2) is 0 Å². The van der Waals surface area contributed by atoms with Crippen molar-refractivity contribution in [3.63, 3.8) is 0 Å². The molecule has 0 fully saturated rings. The molecule has 2 nitrogen and oxygen atoms in total. The topological polar surface area (TPSA) is 32.3 Å². The van der Waals surface area contributed by atoms with Gasteiger partial charge in [-0.1, -0.05) is 54.6 Å². The van der Waals surface area contributed by atoms with Crippen molar-refractivity contribution in [2.24, 2.45) is 0 Å². The van der Waals surface area contributed by atoms with E-state index in [0.717, 1.165) is 18.7 Å². The molecule has 0 saturated heterocycles. The number of aliphatic hydroxyl groups excluding tert-OH is 1. The zero-order valence-corrected chi connectivity index (χ0v) is 9.76. The average molecular weight is 227 g/mol. The van der Waals surface area contributed by atoms with Crippen LogP contribution in [0.1, 0.15) is 16.7 Å². The highest BCUT2D eigenvalue weighted by Crippen LogP contribution is 2.04. The minimum absolute atomic E-state index is 0.109. The van der Waals surface area contributed by atoms with Crippen molar-refractivity contribution in [2.45, 2.75) is 19.7 Å². The number of hydrogen-bond acceptors (Lipinski definition) is 2. The van der Waals surface area contributed by atoms with Crippen molar-refractivity contribution in [1.82, 2.24) is 5.32 Å². The smallest absolute Gasteiger partial charge is 0.0681 e. The Morgan fingerprint density at radius 1 is 0.706 bits per heavy atom. The molecule has 0 aliphatic heterocycles. The van der Waals surface area contributed by atoms with E-state index in [1.807, 2.05) is 42.5 Å². The van der Waals surface area contributed by atoms with Crippen LogP contribution < -0.4 is 5.32 Å². The minimum atomic E-state index is 0.109. The Hall–Kier alpha value is -1.64. The average Bonchev–Trinajstić information content (AvgIpc) is 2.41. The highest BCUT2D eigenvalue weighted by atomic mass is 16.3. The Labute approximate surface area is 102 Å². The summed E-state index contributed by atoms with van der Waals surface area (Å²) in [4.78, 5) is 0. The van der Waals surface area contributed by atoms with E-state index in [1.165, 1.54) is 11.1 Å². The normalized spacial score (nSPS) is 10.4. The molecule has 0 spiro atoms. The van der Waals surface area contributed by atoms with Gasteiger partial charge in [0.05, 0.1) is 6.61 Å². The van der Waals surface area contributed by atoms with Crippen molar-refractivity contribution >= 4 is 0 Å². The highest BCUT2D eigenvalue weighted by molar-refractivity contribution is 5.22. The third-order valence-corrected chi connectivity index (χ3v) is 2.71. The molecule has 0 aromatic heterocycles. The molecule has 2 aromatic rings. The number of rotatable bonds is 5. The summed E-state index contributed by atoms with van der Waals surface area (Å²) in [5, 5.41) is 12.3. The third-order valence-electron chi connectivity index (χ3n) is 2.71. The molecular formula is C15H17NO. The predicted molar refractivity (Wildman–Crippen MR) is 69.4 cm³/mol. The molecule has 0 amide bonds. The van der Waals surface area contributed by atoms with E-state index in [0.29, 0.717) is 0 Å². The second-order valence-corrected chi connectivity index (χ2v) is 4.06. The number of nitrogens with one attached hydrogen (secondary N) is 1. The Bertz CT molecular complexity index is 436. The van der Waals surface area contributed by atoms with Crippen LogP contribution >= 0.6 is 0 Å². The van der Waals surface area contributed by atoms with Crippen molar-refractivity contribution in [3.8, 4) is 0 Å². The second kappa shape index (κ2) is 6.18. The van der Waals surface area contributed by atoms with Crippen LogP contribution in [0.3, 0.4) is 0 Å². The van der Waals surface area contributed by atoms with Crippen LogP contribution in [0.15, 0.2) is 54.6 Å². The Balaban J connectivity index is 1.82. The van der Waals surface area contributed by atoms with E-state index < -0.39 is 0 Å². The van der Waals surface area contributed by atoms with Gasteiger partial charge in [-0.15, -0.1) is 0 Å². The zero-order chi connectivity index (χ0) is 11.9. The molecule has 0 radical (unpaired) electrons. The SMILES string of the molecule is OCc1ccc(CNCc2ccccc2)cc1. The molecular weight excluding hydrogens is 210 g/mol. The standard InChI is InChI=1S/C15H17NO/c17-12-15-8-6-14(7-9-15)11-16-10-13-4-2-1-3-5-13/h1-9,16-17H,10-12H2. The van der Waals surface area contributed by atoms with E-state index in [2.05, 4.69) is 17.4 Å². The first kappa shape index (κ1) is 11.8. The lowest BCUT2D eigenvalue weighted by Gasteiger charge is -2.05. The van der Waals surface area contributed by atoms with Crippen LogP contribution in [-0.2, 0) is 19.7 Å². The van der Waals surface area contributed by atoms with Gasteiger partial charge in [0.1, 0.15) is 0 Å². The summed E-state index contributed by atoms with van der Waals surface area (Å²) in [6.45, 7) is 1.83. The molecule has 17 heavy (non-hydrogen) atoms. The fraction of sp³-hybridized carbons (Fsp3) is 0.200. The molecule has 88 valence electrons. The molecule has 2 aromatic carbocycles. The van der Waals surface area contributed by atoms with Gasteiger partial charge in [-0.3, -0.25) is 0 Å². The second-order valence-electron chi connectivity index (χ2n) is 4.06. The Morgan fingerprint density at radius 2 is 1.24 bits per heavy atom. The van der Waals surface area contributed by atoms with Crippen molar-refractivity contribution in [1.29, 1.82) is 0 Å². The summed E-state index contributed by atoms with van der Waals surface area (Å²) in [7, 11) is 0. The molecule has 0 bridgehead atoms. The van der Waals surface area contributed by atoms with Crippen LogP contribution in [0.2, 0.25) is 0 Å². The van der Waals surface area contributed by atoms with Crippen LogP contribution in [0.4, 0.5) is 0 Å². The van der Waals surface area contributed by atoms with Gasteiger partial charge >= 0.3 is 0 Å². The Kier molecular flexibility index (Phi) is 4.30. The van der Waals surface area contributed by atoms with E-state index in [4.69, 9.17) is 5.11 Å². The minimum Gasteiger partial charge on any atom is -0.392 e. The molecule has 0 aliphatic rings. The van der Waals surface area contributed by atoms with E-state index in [1.54, 1.807) is 0 Å².